The van der Waals surface area contributed by atoms with Crippen molar-refractivity contribution in [2.75, 3.05) is 0 Å². The average Bonchev–Trinajstić information content (AvgIpc) is 2.82. The number of aromatic carboxylic acids is 1. The lowest BCUT2D eigenvalue weighted by molar-refractivity contribution is 0.0684. The molecule has 0 amide bonds. The third-order valence-electron chi connectivity index (χ3n) is 2.85. The van der Waals surface area contributed by atoms with Crippen molar-refractivity contribution in [2.45, 2.75) is 24.1 Å². The molecule has 5 nitrogen and oxygen atoms in total. The van der Waals surface area contributed by atoms with Gasteiger partial charge in [0.1, 0.15) is 0 Å². The van der Waals surface area contributed by atoms with Gasteiger partial charge in [0.25, 0.3) is 0 Å². The number of carbonyl (C=O) groups is 1. The number of hydrogen-bond acceptors (Lipinski definition) is 3. The number of allylic oxidation sites excluding steroid dienone is 2. The minimum atomic E-state index is -1.07. The summed E-state index contributed by atoms with van der Waals surface area (Å²) in [6, 6.07) is 0. The van der Waals surface area contributed by atoms with Gasteiger partial charge in [-0.3, -0.25) is 9.13 Å². The molecule has 0 fully saturated rings. The van der Waals surface area contributed by atoms with E-state index in [1.165, 1.54) is 10.6 Å². The minimum absolute atomic E-state index is 0.0471. The molecule has 6 heteroatoms. The van der Waals surface area contributed by atoms with Crippen molar-refractivity contribution in [3.8, 4) is 0 Å². The van der Waals surface area contributed by atoms with Gasteiger partial charge in [0.2, 0.25) is 0 Å². The molecule has 0 bridgehead atoms. The first-order valence-electron chi connectivity index (χ1n) is 5.52. The van der Waals surface area contributed by atoms with Crippen LogP contribution in [0, 0.1) is 0 Å². The topological polar surface area (TPSA) is 64.2 Å². The predicted molar refractivity (Wildman–Crippen MR) is 71.0 cm³/mol. The Hall–Kier alpha value is -1.69. The number of aromatic nitrogens is 2. The largest absolute Gasteiger partial charge is 0.477 e. The van der Waals surface area contributed by atoms with Crippen molar-refractivity contribution in [1.29, 1.82) is 0 Å². The Morgan fingerprint density at radius 3 is 2.78 bits per heavy atom. The monoisotopic (exact) mass is 266 g/mol. The summed E-state index contributed by atoms with van der Waals surface area (Å²) in [5, 5.41) is 9.20. The zero-order valence-electron chi connectivity index (χ0n) is 9.83. The highest BCUT2D eigenvalue weighted by molar-refractivity contribution is 7.98. The second-order valence-electron chi connectivity index (χ2n) is 3.94. The van der Waals surface area contributed by atoms with Crippen molar-refractivity contribution < 1.29 is 9.90 Å². The van der Waals surface area contributed by atoms with Crippen LogP contribution in [-0.4, -0.2) is 20.2 Å². The van der Waals surface area contributed by atoms with Gasteiger partial charge >= 0.3 is 11.7 Å². The molecule has 1 aromatic heterocycles. The number of imidazole rings is 1. The maximum atomic E-state index is 12.2. The maximum Gasteiger partial charge on any atom is 0.354 e. The van der Waals surface area contributed by atoms with Crippen LogP contribution in [0.4, 0.5) is 0 Å². The zero-order valence-corrected chi connectivity index (χ0v) is 10.7. The first-order chi connectivity index (χ1) is 8.61. The Balaban J connectivity index is 2.62. The normalized spacial score (nSPS) is 17.4. The fourth-order valence-corrected chi connectivity index (χ4v) is 3.41. The Labute approximate surface area is 108 Å². The molecule has 1 aliphatic rings. The zero-order chi connectivity index (χ0) is 13.3. The molecule has 0 aromatic carbocycles. The second kappa shape index (κ2) is 4.89. The molecule has 0 saturated heterocycles. The summed E-state index contributed by atoms with van der Waals surface area (Å²) in [4.78, 5) is 23.5. The number of carboxylic acid groups (broad SMARTS) is 1. The lowest BCUT2D eigenvalue weighted by Gasteiger charge is -2.07. The molecule has 1 atom stereocenters. The molecule has 1 N–H and O–H groups in total. The van der Waals surface area contributed by atoms with Crippen molar-refractivity contribution in [3.05, 3.63) is 47.2 Å². The van der Waals surface area contributed by atoms with E-state index in [2.05, 4.69) is 13.2 Å². The summed E-state index contributed by atoms with van der Waals surface area (Å²) in [5.74, 6) is -0.526. The van der Waals surface area contributed by atoms with Crippen LogP contribution in [0.1, 0.15) is 28.0 Å². The van der Waals surface area contributed by atoms with Gasteiger partial charge in [-0.25, -0.2) is 9.59 Å². The van der Waals surface area contributed by atoms with E-state index >= 15 is 0 Å². The number of rotatable bonds is 5. The maximum absolute atomic E-state index is 12.2. The molecular formula is C12H14N2O3S. The lowest BCUT2D eigenvalue weighted by Crippen LogP contribution is -2.26. The third kappa shape index (κ3) is 1.82. The molecule has 0 aliphatic carbocycles. The third-order valence-corrected chi connectivity index (χ3v) is 4.08. The van der Waals surface area contributed by atoms with Gasteiger partial charge in [-0.15, -0.1) is 24.9 Å². The Morgan fingerprint density at radius 2 is 2.22 bits per heavy atom. The van der Waals surface area contributed by atoms with Gasteiger partial charge < -0.3 is 5.11 Å². The first-order valence-corrected chi connectivity index (χ1v) is 6.57. The molecule has 2 rings (SSSR count). The quantitative estimate of drug-likeness (QED) is 0.826. The predicted octanol–water partition coefficient (Wildman–Crippen LogP) is 1.86. The summed E-state index contributed by atoms with van der Waals surface area (Å²) < 4.78 is 2.83. The first kappa shape index (κ1) is 12.8. The SMILES string of the molecule is C=CCC1SCc2c(C(=O)O)n(CC=C)c(=O)n21. The van der Waals surface area contributed by atoms with E-state index in [9.17, 15) is 14.7 Å². The van der Waals surface area contributed by atoms with E-state index in [0.717, 1.165) is 0 Å². The van der Waals surface area contributed by atoms with E-state index in [4.69, 9.17) is 0 Å². The second-order valence-corrected chi connectivity index (χ2v) is 5.11. The van der Waals surface area contributed by atoms with Crippen LogP contribution in [0.3, 0.4) is 0 Å². The fourth-order valence-electron chi connectivity index (χ4n) is 2.15. The van der Waals surface area contributed by atoms with E-state index in [1.54, 1.807) is 22.4 Å². The van der Waals surface area contributed by atoms with Crippen LogP contribution in [0.15, 0.2) is 30.1 Å². The summed E-state index contributed by atoms with van der Waals surface area (Å²) in [6.45, 7) is 7.43. The Bertz CT molecular complexity index is 571. The van der Waals surface area contributed by atoms with E-state index in [-0.39, 0.29) is 23.3 Å². The van der Waals surface area contributed by atoms with Gasteiger partial charge in [0.15, 0.2) is 5.69 Å². The molecule has 1 unspecified atom stereocenters. The number of carboxylic acids is 1. The van der Waals surface area contributed by atoms with Crippen LogP contribution in [-0.2, 0) is 12.3 Å². The van der Waals surface area contributed by atoms with Gasteiger partial charge in [-0.1, -0.05) is 12.2 Å². The fraction of sp³-hybridized carbons (Fsp3) is 0.333. The number of thioether (sulfide) groups is 1. The molecule has 0 saturated carbocycles. The highest BCUT2D eigenvalue weighted by atomic mass is 32.2. The molecular weight excluding hydrogens is 252 g/mol. The van der Waals surface area contributed by atoms with E-state index in [1.807, 2.05) is 0 Å². The van der Waals surface area contributed by atoms with Gasteiger partial charge in [-0.05, 0) is 6.42 Å². The summed E-state index contributed by atoms with van der Waals surface area (Å²) in [6.07, 6.45) is 3.92. The lowest BCUT2D eigenvalue weighted by atomic mass is 10.3. The molecule has 18 heavy (non-hydrogen) atoms. The Kier molecular flexibility index (Phi) is 3.47. The van der Waals surface area contributed by atoms with E-state index < -0.39 is 5.97 Å². The smallest absolute Gasteiger partial charge is 0.354 e. The molecule has 2 heterocycles. The van der Waals surface area contributed by atoms with Crippen molar-refractivity contribution >= 4 is 17.7 Å². The number of fused-ring (bicyclic) bond motifs is 1. The van der Waals surface area contributed by atoms with Gasteiger partial charge in [0.05, 0.1) is 11.1 Å². The summed E-state index contributed by atoms with van der Waals surface area (Å²) in [5.41, 5.74) is 0.393. The van der Waals surface area contributed by atoms with Crippen LogP contribution < -0.4 is 5.69 Å². The number of nitrogens with zero attached hydrogens (tertiary/aromatic N) is 2. The van der Waals surface area contributed by atoms with Crippen molar-refractivity contribution in [2.24, 2.45) is 0 Å². The highest BCUT2D eigenvalue weighted by Crippen LogP contribution is 2.38. The summed E-state index contributed by atoms with van der Waals surface area (Å²) in [7, 11) is 0. The Morgan fingerprint density at radius 1 is 1.50 bits per heavy atom. The molecule has 0 spiro atoms. The summed E-state index contributed by atoms with van der Waals surface area (Å²) >= 11 is 1.56. The van der Waals surface area contributed by atoms with Crippen LogP contribution in [0.25, 0.3) is 0 Å². The minimum Gasteiger partial charge on any atom is -0.477 e. The molecule has 96 valence electrons. The van der Waals surface area contributed by atoms with Crippen LogP contribution >= 0.6 is 11.8 Å². The molecule has 1 aromatic rings. The molecule has 1 aliphatic heterocycles. The molecule has 0 radical (unpaired) electrons. The van der Waals surface area contributed by atoms with Crippen molar-refractivity contribution in [3.63, 3.8) is 0 Å². The van der Waals surface area contributed by atoms with Gasteiger partial charge in [0, 0.05) is 12.3 Å². The van der Waals surface area contributed by atoms with Crippen LogP contribution in [0.5, 0.6) is 0 Å². The standard InChI is InChI=1S/C12H14N2O3S/c1-3-5-9-14-8(7-18-9)10(11(15)16)13(6-4-2)12(14)17/h3-4,9H,1-2,5-7H2,(H,15,16). The van der Waals surface area contributed by atoms with Gasteiger partial charge in [-0.2, -0.15) is 0 Å². The highest BCUT2D eigenvalue weighted by Gasteiger charge is 2.32. The average molecular weight is 266 g/mol. The number of hydrogen-bond donors (Lipinski definition) is 1. The van der Waals surface area contributed by atoms with E-state index in [0.29, 0.717) is 17.9 Å². The van der Waals surface area contributed by atoms with Crippen LogP contribution in [0.2, 0.25) is 0 Å². The van der Waals surface area contributed by atoms with Crippen molar-refractivity contribution in [1.82, 2.24) is 9.13 Å².